The molecule has 0 unspecified atom stereocenters. The average Bonchev–Trinajstić information content (AvgIpc) is 3.07. The Labute approximate surface area is 168 Å². The van der Waals surface area contributed by atoms with Crippen molar-refractivity contribution in [3.63, 3.8) is 0 Å². The number of thioether (sulfide) groups is 1. The van der Waals surface area contributed by atoms with E-state index in [4.69, 9.17) is 14.2 Å². The van der Waals surface area contributed by atoms with Gasteiger partial charge in [-0.2, -0.15) is 5.26 Å². The van der Waals surface area contributed by atoms with Crippen molar-refractivity contribution in [2.24, 2.45) is 0 Å². The topological polar surface area (TPSA) is 88.9 Å². The van der Waals surface area contributed by atoms with Gasteiger partial charge >= 0.3 is 11.9 Å². The Morgan fingerprint density at radius 3 is 2.61 bits per heavy atom. The molecule has 0 aromatic heterocycles. The molecule has 0 radical (unpaired) electrons. The summed E-state index contributed by atoms with van der Waals surface area (Å²) >= 11 is 1.37. The molecule has 0 aliphatic carbocycles. The molecule has 1 aromatic rings. The van der Waals surface area contributed by atoms with E-state index in [1.165, 1.54) is 11.8 Å². The first-order valence-electron chi connectivity index (χ1n) is 8.76. The van der Waals surface area contributed by atoms with Crippen LogP contribution in [-0.4, -0.2) is 45.4 Å². The van der Waals surface area contributed by atoms with E-state index in [0.717, 1.165) is 16.7 Å². The van der Waals surface area contributed by atoms with Gasteiger partial charge in [-0.3, -0.25) is 0 Å². The highest BCUT2D eigenvalue weighted by Gasteiger charge is 2.30. The lowest BCUT2D eigenvalue weighted by Gasteiger charge is -2.20. The zero-order chi connectivity index (χ0) is 20.4. The molecule has 7 nitrogen and oxygen atoms in total. The van der Waals surface area contributed by atoms with E-state index in [2.05, 4.69) is 6.58 Å². The number of fused-ring (bicyclic) bond motifs is 1. The van der Waals surface area contributed by atoms with Crippen LogP contribution in [0.1, 0.15) is 12.8 Å². The smallest absolute Gasteiger partial charge is 0.351 e. The zero-order valence-electron chi connectivity index (χ0n) is 15.7. The number of para-hydroxylation sites is 1. The fourth-order valence-corrected chi connectivity index (χ4v) is 3.65. The standard InChI is InChI=1S/C20H22N2O5S/c1-3-18(23)26-11-6-7-12-27-20(24)15(14-21)19-22(10-13-25-2)16-8-4-5-9-17(16)28-19/h3-5,8-9H,1,6-7,10-13H2,2H3/b19-15-. The summed E-state index contributed by atoms with van der Waals surface area (Å²) in [5, 5.41) is 10.1. The van der Waals surface area contributed by atoms with E-state index in [1.54, 1.807) is 7.11 Å². The second-order valence-electron chi connectivity index (χ2n) is 5.72. The molecule has 28 heavy (non-hydrogen) atoms. The van der Waals surface area contributed by atoms with Gasteiger partial charge in [0.2, 0.25) is 0 Å². The summed E-state index contributed by atoms with van der Waals surface area (Å²) in [6.07, 6.45) is 2.16. The maximum Gasteiger partial charge on any atom is 0.351 e. The van der Waals surface area contributed by atoms with Crippen molar-refractivity contribution in [1.29, 1.82) is 5.26 Å². The van der Waals surface area contributed by atoms with Crippen LogP contribution < -0.4 is 4.90 Å². The highest BCUT2D eigenvalue weighted by atomic mass is 32.2. The minimum atomic E-state index is -0.664. The van der Waals surface area contributed by atoms with E-state index in [9.17, 15) is 14.9 Å². The number of esters is 2. The third kappa shape index (κ3) is 5.62. The molecule has 0 saturated heterocycles. The second kappa shape index (κ2) is 11.2. The first-order valence-corrected chi connectivity index (χ1v) is 9.58. The average molecular weight is 402 g/mol. The van der Waals surface area contributed by atoms with Crippen molar-refractivity contribution in [2.75, 3.05) is 38.4 Å². The Kier molecular flexibility index (Phi) is 8.59. The van der Waals surface area contributed by atoms with Crippen molar-refractivity contribution in [3.8, 4) is 6.07 Å². The molecule has 0 amide bonds. The van der Waals surface area contributed by atoms with Crippen LogP contribution in [0.3, 0.4) is 0 Å². The van der Waals surface area contributed by atoms with Crippen molar-refractivity contribution in [1.82, 2.24) is 0 Å². The molecule has 0 N–H and O–H groups in total. The lowest BCUT2D eigenvalue weighted by molar-refractivity contribution is -0.140. The Morgan fingerprint density at radius 1 is 1.21 bits per heavy atom. The lowest BCUT2D eigenvalue weighted by Crippen LogP contribution is -2.25. The summed E-state index contributed by atoms with van der Waals surface area (Å²) in [5.41, 5.74) is 0.902. The fraction of sp³-hybridized carbons (Fsp3) is 0.350. The number of hydrogen-bond donors (Lipinski definition) is 0. The third-order valence-electron chi connectivity index (χ3n) is 3.84. The van der Waals surface area contributed by atoms with Gasteiger partial charge in [0, 0.05) is 24.6 Å². The predicted octanol–water partition coefficient (Wildman–Crippen LogP) is 3.03. The quantitative estimate of drug-likeness (QED) is 0.255. The van der Waals surface area contributed by atoms with E-state index in [0.29, 0.717) is 31.0 Å². The number of ether oxygens (including phenoxy) is 3. The zero-order valence-corrected chi connectivity index (χ0v) is 16.5. The van der Waals surface area contributed by atoms with E-state index >= 15 is 0 Å². The van der Waals surface area contributed by atoms with Crippen LogP contribution in [0.4, 0.5) is 5.69 Å². The molecule has 148 valence electrons. The molecule has 0 fully saturated rings. The summed E-state index contributed by atoms with van der Waals surface area (Å²) < 4.78 is 15.2. The number of anilines is 1. The fourth-order valence-electron chi connectivity index (χ4n) is 2.48. The van der Waals surface area contributed by atoms with Gasteiger partial charge < -0.3 is 19.1 Å². The molecule has 0 spiro atoms. The second-order valence-corrected chi connectivity index (χ2v) is 6.75. The van der Waals surface area contributed by atoms with E-state index in [-0.39, 0.29) is 18.8 Å². The normalized spacial score (nSPS) is 14.1. The van der Waals surface area contributed by atoms with Gasteiger partial charge in [0.25, 0.3) is 0 Å². The molecule has 0 atom stereocenters. The number of unbranched alkanes of at least 4 members (excludes halogenated alkanes) is 1. The first-order chi connectivity index (χ1) is 13.6. The van der Waals surface area contributed by atoms with Crippen molar-refractivity contribution in [3.05, 3.63) is 47.5 Å². The number of benzene rings is 1. The van der Waals surface area contributed by atoms with Crippen LogP contribution in [0.15, 0.2) is 52.4 Å². The number of carbonyl (C=O) groups is 2. The number of carbonyl (C=O) groups excluding carboxylic acids is 2. The molecule has 1 aromatic carbocycles. The first kappa shape index (κ1) is 21.5. The largest absolute Gasteiger partial charge is 0.463 e. The Morgan fingerprint density at radius 2 is 1.93 bits per heavy atom. The maximum atomic E-state index is 12.4. The SMILES string of the molecule is C=CC(=O)OCCCCOC(=O)/C(C#N)=C1\Sc2ccccc2N1CCOC. The van der Waals surface area contributed by atoms with Gasteiger partial charge in [-0.1, -0.05) is 30.5 Å². The molecule has 0 bridgehead atoms. The summed E-state index contributed by atoms with van der Waals surface area (Å²) in [5.74, 6) is -1.15. The summed E-state index contributed by atoms with van der Waals surface area (Å²) in [7, 11) is 1.60. The number of rotatable bonds is 10. The van der Waals surface area contributed by atoms with Crippen LogP contribution in [-0.2, 0) is 23.8 Å². The third-order valence-corrected chi connectivity index (χ3v) is 5.02. The van der Waals surface area contributed by atoms with Gasteiger partial charge in [-0.15, -0.1) is 0 Å². The monoisotopic (exact) mass is 402 g/mol. The number of nitriles is 1. The molecule has 0 saturated carbocycles. The van der Waals surface area contributed by atoms with E-state index < -0.39 is 11.9 Å². The Hall–Kier alpha value is -2.76. The van der Waals surface area contributed by atoms with Gasteiger partial charge in [0.15, 0.2) is 5.57 Å². The van der Waals surface area contributed by atoms with Crippen molar-refractivity contribution < 1.29 is 23.8 Å². The molecule has 1 aliphatic rings. The van der Waals surface area contributed by atoms with E-state index in [1.807, 2.05) is 35.2 Å². The van der Waals surface area contributed by atoms with Crippen LogP contribution in [0, 0.1) is 11.3 Å². The summed E-state index contributed by atoms with van der Waals surface area (Å²) in [6, 6.07) is 9.68. The highest BCUT2D eigenvalue weighted by molar-refractivity contribution is 8.03. The minimum absolute atomic E-state index is 0.0320. The minimum Gasteiger partial charge on any atom is -0.463 e. The predicted molar refractivity (Wildman–Crippen MR) is 106 cm³/mol. The van der Waals surface area contributed by atoms with Crippen LogP contribution in [0.5, 0.6) is 0 Å². The van der Waals surface area contributed by atoms with Crippen LogP contribution >= 0.6 is 11.8 Å². The Balaban J connectivity index is 2.00. The van der Waals surface area contributed by atoms with Crippen molar-refractivity contribution in [2.45, 2.75) is 17.7 Å². The van der Waals surface area contributed by atoms with Crippen LogP contribution in [0.25, 0.3) is 0 Å². The maximum absolute atomic E-state index is 12.4. The molecule has 2 rings (SSSR count). The molecular formula is C20H22N2O5S. The molecule has 8 heteroatoms. The number of methoxy groups -OCH3 is 1. The molecule has 1 aliphatic heterocycles. The van der Waals surface area contributed by atoms with Crippen molar-refractivity contribution >= 4 is 29.4 Å². The van der Waals surface area contributed by atoms with Gasteiger partial charge in [-0.25, -0.2) is 9.59 Å². The highest BCUT2D eigenvalue weighted by Crippen LogP contribution is 2.46. The van der Waals surface area contributed by atoms with Gasteiger partial charge in [0.1, 0.15) is 11.1 Å². The lowest BCUT2D eigenvalue weighted by atomic mass is 10.2. The van der Waals surface area contributed by atoms with Gasteiger partial charge in [-0.05, 0) is 25.0 Å². The molecule has 1 heterocycles. The molecular weight excluding hydrogens is 380 g/mol. The number of nitrogens with zero attached hydrogens (tertiary/aromatic N) is 2. The summed E-state index contributed by atoms with van der Waals surface area (Å²) in [4.78, 5) is 26.3. The summed E-state index contributed by atoms with van der Waals surface area (Å²) in [6.45, 7) is 4.65. The van der Waals surface area contributed by atoms with Gasteiger partial charge in [0.05, 0.1) is 25.5 Å². The van der Waals surface area contributed by atoms with Crippen LogP contribution in [0.2, 0.25) is 0 Å². The number of hydrogen-bond acceptors (Lipinski definition) is 8. The Bertz CT molecular complexity index is 800.